The molecule has 0 radical (unpaired) electrons. The molecule has 0 spiro atoms. The maximum absolute atomic E-state index is 2.75. The second-order valence-electron chi connectivity index (χ2n) is 32.4. The van der Waals surface area contributed by atoms with Crippen molar-refractivity contribution in [3.05, 3.63) is 183 Å². The zero-order chi connectivity index (χ0) is 57.7. The third kappa shape index (κ3) is 8.06. The topological polar surface area (TPSA) is 6.48 Å². The van der Waals surface area contributed by atoms with E-state index in [9.17, 15) is 0 Å². The van der Waals surface area contributed by atoms with Crippen LogP contribution in [0.3, 0.4) is 0 Å². The van der Waals surface area contributed by atoms with Gasteiger partial charge >= 0.3 is 0 Å². The maximum atomic E-state index is 2.75. The maximum Gasteiger partial charge on any atom is 0.252 e. The first-order valence-electron chi connectivity index (χ1n) is 31.1. The zero-order valence-corrected chi connectivity index (χ0v) is 52.9. The number of hydrogen-bond acceptors (Lipinski definition) is 2. The summed E-state index contributed by atoms with van der Waals surface area (Å²) in [5.74, 6) is 0. The van der Waals surface area contributed by atoms with Crippen LogP contribution in [-0.2, 0) is 43.3 Å². The highest BCUT2D eigenvalue weighted by atomic mass is 15.2. The van der Waals surface area contributed by atoms with Crippen molar-refractivity contribution in [2.75, 3.05) is 9.80 Å². The van der Waals surface area contributed by atoms with Crippen molar-refractivity contribution in [2.24, 2.45) is 5.41 Å². The van der Waals surface area contributed by atoms with E-state index in [1.165, 1.54) is 156 Å². The Labute approximate surface area is 489 Å². The Morgan fingerprint density at radius 2 is 0.926 bits per heavy atom. The molecular weight excluding hydrogens is 976 g/mol. The SMILES string of the molecule is CC(C)(C)c1ccc(N2c3cc(/C=C4\c5ccc(C(C)(C)C)cc5C5(C)CCC45C)ccc3B3c4cc5c(cc4N(c4ccc6c(c4)C(C)(C)CCC6(C)C)c4cc(C(C)(C)C)cc2c43)C(C)(C)CCC5(C)C)c(-c2ccccc2)c1. The number of allylic oxidation sites excluding steroid dienone is 1. The van der Waals surface area contributed by atoms with Crippen molar-refractivity contribution in [3.63, 3.8) is 0 Å². The van der Waals surface area contributed by atoms with Crippen molar-refractivity contribution >= 4 is 68.9 Å². The molecule has 0 bridgehead atoms. The van der Waals surface area contributed by atoms with E-state index < -0.39 is 0 Å². The molecule has 7 aromatic rings. The highest BCUT2D eigenvalue weighted by Gasteiger charge is 2.61. The molecule has 2 nitrogen and oxygen atoms in total. The van der Waals surface area contributed by atoms with Crippen LogP contribution in [0.4, 0.5) is 34.1 Å². The van der Waals surface area contributed by atoms with Gasteiger partial charge in [0.15, 0.2) is 0 Å². The molecular formula is C78H91BN2. The fourth-order valence-electron chi connectivity index (χ4n) is 16.0. The fourth-order valence-corrected chi connectivity index (χ4v) is 16.0. The molecule has 4 aliphatic carbocycles. The van der Waals surface area contributed by atoms with E-state index in [1.54, 1.807) is 5.56 Å². The van der Waals surface area contributed by atoms with Crippen molar-refractivity contribution in [1.82, 2.24) is 0 Å². The summed E-state index contributed by atoms with van der Waals surface area (Å²) in [6, 6.07) is 52.0. The minimum atomic E-state index is -0.152. The summed E-state index contributed by atoms with van der Waals surface area (Å²) in [5.41, 5.74) is 30.5. The molecule has 2 atom stereocenters. The van der Waals surface area contributed by atoms with Gasteiger partial charge in [0, 0.05) is 44.8 Å². The quantitative estimate of drug-likeness (QED) is 0.162. The van der Waals surface area contributed by atoms with Gasteiger partial charge in [-0.25, -0.2) is 0 Å². The van der Waals surface area contributed by atoms with Gasteiger partial charge in [-0.15, -0.1) is 0 Å². The smallest absolute Gasteiger partial charge is 0.252 e. The van der Waals surface area contributed by atoms with E-state index in [-0.39, 0.29) is 55.4 Å². The molecule has 2 aliphatic heterocycles. The van der Waals surface area contributed by atoms with Gasteiger partial charge in [-0.05, 0) is 208 Å². The Bertz CT molecular complexity index is 3820. The summed E-state index contributed by atoms with van der Waals surface area (Å²) in [6.07, 6.45) is 9.73. The lowest BCUT2D eigenvalue weighted by molar-refractivity contribution is 0.0988. The molecule has 0 aromatic heterocycles. The van der Waals surface area contributed by atoms with Gasteiger partial charge < -0.3 is 9.80 Å². The highest BCUT2D eigenvalue weighted by Crippen LogP contribution is 2.70. The van der Waals surface area contributed by atoms with Crippen LogP contribution in [-0.4, -0.2) is 6.71 Å². The number of nitrogens with zero attached hydrogens (tertiary/aromatic N) is 2. The number of rotatable bonds is 4. The third-order valence-corrected chi connectivity index (χ3v) is 22.2. The third-order valence-electron chi connectivity index (χ3n) is 22.2. The van der Waals surface area contributed by atoms with E-state index in [2.05, 4.69) is 275 Å². The van der Waals surface area contributed by atoms with Crippen molar-refractivity contribution in [3.8, 4) is 11.1 Å². The Balaban J connectivity index is 1.15. The van der Waals surface area contributed by atoms with Crippen LogP contribution in [0.25, 0.3) is 22.8 Å². The van der Waals surface area contributed by atoms with Crippen LogP contribution in [0.1, 0.15) is 226 Å². The first-order valence-corrected chi connectivity index (χ1v) is 31.1. The molecule has 416 valence electrons. The monoisotopic (exact) mass is 1070 g/mol. The molecule has 0 saturated heterocycles. The molecule has 0 N–H and O–H groups in total. The van der Waals surface area contributed by atoms with Crippen LogP contribution in [0, 0.1) is 5.41 Å². The van der Waals surface area contributed by atoms with E-state index >= 15 is 0 Å². The van der Waals surface area contributed by atoms with Crippen LogP contribution in [0.15, 0.2) is 127 Å². The number of benzene rings is 7. The molecule has 2 heterocycles. The van der Waals surface area contributed by atoms with E-state index in [4.69, 9.17) is 0 Å². The highest BCUT2D eigenvalue weighted by molar-refractivity contribution is 7.00. The summed E-state index contributed by atoms with van der Waals surface area (Å²) in [7, 11) is 0. The Hall–Kier alpha value is -6.06. The van der Waals surface area contributed by atoms with Gasteiger partial charge in [0.2, 0.25) is 0 Å². The van der Waals surface area contributed by atoms with Crippen molar-refractivity contribution in [1.29, 1.82) is 0 Å². The number of anilines is 6. The first-order chi connectivity index (χ1) is 37.7. The van der Waals surface area contributed by atoms with Gasteiger partial charge in [0.05, 0.1) is 5.69 Å². The molecule has 2 unspecified atom stereocenters. The second kappa shape index (κ2) is 17.3. The van der Waals surface area contributed by atoms with Crippen LogP contribution < -0.4 is 26.2 Å². The largest absolute Gasteiger partial charge is 0.311 e. The molecule has 1 fully saturated rings. The minimum Gasteiger partial charge on any atom is -0.311 e. The number of fused-ring (bicyclic) bond motifs is 9. The van der Waals surface area contributed by atoms with Crippen LogP contribution in [0.5, 0.6) is 0 Å². The molecule has 6 aliphatic rings. The lowest BCUT2D eigenvalue weighted by Crippen LogP contribution is -2.62. The van der Waals surface area contributed by atoms with Gasteiger partial charge in [0.25, 0.3) is 6.71 Å². The predicted octanol–water partition coefficient (Wildman–Crippen LogP) is 19.6. The average Bonchev–Trinajstić information content (AvgIpc) is 1.90. The first kappa shape index (κ1) is 54.2. The lowest BCUT2D eigenvalue weighted by Gasteiger charge is -2.53. The van der Waals surface area contributed by atoms with Gasteiger partial charge in [0.1, 0.15) is 0 Å². The zero-order valence-electron chi connectivity index (χ0n) is 52.9. The van der Waals surface area contributed by atoms with E-state index in [1.807, 2.05) is 0 Å². The summed E-state index contributed by atoms with van der Waals surface area (Å²) in [5, 5.41) is 0. The standard InChI is InChI=1S/C78H91BN2/c1-70(2,3)50-27-32-64(55(41-50)49-23-21-20-22-24-49)81-65-40-48(39-57-54-29-26-51(71(4,5)6)42-58(54)78(19)38-37-77(57,78)18)25-31-62(65)79-63-46-60-61(76(16,17)36-35-75(60,14)15)47-66(63)80(67-43-52(72(7,8)9)44-68(81)69(67)79)53-28-30-56-59(45-53)74(12,13)34-33-73(56,10)11/h20-32,39-47H,33-38H2,1-19H3/b57-39+. The van der Waals surface area contributed by atoms with Crippen LogP contribution in [0.2, 0.25) is 0 Å². The Morgan fingerprint density at radius 1 is 0.383 bits per heavy atom. The summed E-state index contributed by atoms with van der Waals surface area (Å²) < 4.78 is 0. The average molecular weight is 1070 g/mol. The van der Waals surface area contributed by atoms with Crippen LogP contribution >= 0.6 is 0 Å². The Kier molecular flexibility index (Phi) is 11.6. The van der Waals surface area contributed by atoms with E-state index in [0.29, 0.717) is 0 Å². The molecule has 13 rings (SSSR count). The van der Waals surface area contributed by atoms with Gasteiger partial charge in [-0.1, -0.05) is 216 Å². The Morgan fingerprint density at radius 3 is 1.53 bits per heavy atom. The second-order valence-corrected chi connectivity index (χ2v) is 32.4. The number of hydrogen-bond donors (Lipinski definition) is 0. The van der Waals surface area contributed by atoms with Crippen molar-refractivity contribution < 1.29 is 0 Å². The normalized spacial score (nSPS) is 22.9. The van der Waals surface area contributed by atoms with Gasteiger partial charge in [-0.3, -0.25) is 0 Å². The molecule has 3 heteroatoms. The summed E-state index contributed by atoms with van der Waals surface area (Å²) in [6.45, 7) is 46.5. The molecule has 0 amide bonds. The molecule has 1 saturated carbocycles. The molecule has 81 heavy (non-hydrogen) atoms. The van der Waals surface area contributed by atoms with Gasteiger partial charge in [-0.2, -0.15) is 0 Å². The molecule has 7 aromatic carbocycles. The minimum absolute atomic E-state index is 0.00754. The predicted molar refractivity (Wildman–Crippen MR) is 352 cm³/mol. The summed E-state index contributed by atoms with van der Waals surface area (Å²) >= 11 is 0. The van der Waals surface area contributed by atoms with Crippen molar-refractivity contribution in [2.45, 2.75) is 213 Å². The lowest BCUT2D eigenvalue weighted by atomic mass is 9.33. The fraction of sp³-hybridized carbons (Fsp3) is 0.436. The summed E-state index contributed by atoms with van der Waals surface area (Å²) in [4.78, 5) is 5.48. The van der Waals surface area contributed by atoms with E-state index in [0.717, 1.165) is 0 Å².